The number of aromatic nitrogens is 8. The Labute approximate surface area is 397 Å². The van der Waals surface area contributed by atoms with E-state index in [-0.39, 0.29) is 33.7 Å². The van der Waals surface area contributed by atoms with Crippen molar-refractivity contribution in [2.45, 2.75) is 77.9 Å². The number of nitrogens with zero attached hydrogens (tertiary/aromatic N) is 10. The van der Waals surface area contributed by atoms with Gasteiger partial charge in [-0.3, -0.25) is 4.90 Å². The number of hydrogen-bond acceptors (Lipinski definition) is 16. The fourth-order valence-electron chi connectivity index (χ4n) is 9.03. The Kier molecular flexibility index (Phi) is 12.5. The van der Waals surface area contributed by atoms with Crippen LogP contribution in [-0.4, -0.2) is 109 Å². The first-order chi connectivity index (χ1) is 31.9. The van der Waals surface area contributed by atoms with Gasteiger partial charge in [0.25, 0.3) is 0 Å². The molecule has 0 radical (unpaired) electrons. The molecule has 1 unspecified atom stereocenters. The molecule has 0 amide bonds. The molecule has 10 rings (SSSR count). The molecule has 0 spiro atoms. The van der Waals surface area contributed by atoms with Crippen molar-refractivity contribution in [1.29, 1.82) is 5.26 Å². The van der Waals surface area contributed by atoms with Gasteiger partial charge in [-0.2, -0.15) is 5.26 Å². The van der Waals surface area contributed by atoms with Gasteiger partial charge in [0.05, 0.1) is 38.6 Å². The molecule has 0 saturated carbocycles. The zero-order chi connectivity index (χ0) is 45.8. The highest BCUT2D eigenvalue weighted by Gasteiger charge is 2.32. The topological polar surface area (TPSA) is 219 Å². The van der Waals surface area contributed by atoms with Gasteiger partial charge < -0.3 is 41.9 Å². The number of anilines is 3. The van der Waals surface area contributed by atoms with Crippen molar-refractivity contribution in [1.82, 2.24) is 55.4 Å². The van der Waals surface area contributed by atoms with Gasteiger partial charge in [0.15, 0.2) is 10.3 Å². The second kappa shape index (κ2) is 18.5. The summed E-state index contributed by atoms with van der Waals surface area (Å²) in [4.78, 5) is 43.7. The molecule has 2 aromatic carbocycles. The molecule has 22 heteroatoms. The molecular formula is C44H46Cl2F2N16S2. The molecule has 16 nitrogen and oxygen atoms in total. The second-order valence-corrected chi connectivity index (χ2v) is 19.7. The molecule has 3 aliphatic rings. The van der Waals surface area contributed by atoms with Crippen molar-refractivity contribution in [2.24, 2.45) is 5.73 Å². The van der Waals surface area contributed by atoms with Gasteiger partial charge in [-0.25, -0.2) is 38.7 Å². The van der Waals surface area contributed by atoms with Crippen LogP contribution in [0.25, 0.3) is 33.0 Å². The van der Waals surface area contributed by atoms with E-state index in [0.29, 0.717) is 88.0 Å². The van der Waals surface area contributed by atoms with Crippen molar-refractivity contribution in [3.05, 3.63) is 74.8 Å². The summed E-state index contributed by atoms with van der Waals surface area (Å²) in [6.07, 6.45) is 2.22. The van der Waals surface area contributed by atoms with Crippen LogP contribution in [0.2, 0.25) is 10.0 Å². The second-order valence-electron chi connectivity index (χ2n) is 16.9. The Morgan fingerprint density at radius 3 is 2.33 bits per heavy atom. The molecule has 3 atom stereocenters. The highest BCUT2D eigenvalue weighted by Crippen LogP contribution is 2.42. The lowest BCUT2D eigenvalue weighted by Crippen LogP contribution is -2.43. The Hall–Kier alpha value is -5.11. The maximum atomic E-state index is 14.6. The molecular weight excluding hydrogens is 926 g/mol. The first-order valence-corrected chi connectivity index (χ1v) is 24.2. The maximum Gasteiger partial charge on any atom is 0.196 e. The molecule has 342 valence electrons. The number of piperazine rings is 1. The van der Waals surface area contributed by atoms with E-state index in [1.54, 1.807) is 0 Å². The number of rotatable bonds is 12. The third-order valence-corrected chi connectivity index (χ3v) is 14.9. The van der Waals surface area contributed by atoms with Crippen LogP contribution >= 0.6 is 46.7 Å². The third kappa shape index (κ3) is 8.78. The summed E-state index contributed by atoms with van der Waals surface area (Å²) in [6, 6.07) is 9.37. The van der Waals surface area contributed by atoms with E-state index in [1.165, 1.54) is 11.8 Å². The molecule has 7 aromatic rings. The van der Waals surface area contributed by atoms with Gasteiger partial charge in [-0.1, -0.05) is 30.1 Å². The van der Waals surface area contributed by atoms with Crippen molar-refractivity contribution >= 4 is 97.1 Å². The standard InChI is InChI=1S/C44H46Cl2F2N16S2/c1-3-29-35(45)33-39(55-29)58-44(66-31-15-22(47)14-28(48)27(31)17-49)61-41(33)64-11-7-24(19-64)53-21(2)37-36(46)34-40(57-37)59-43(60-42(34)63-10-6-23(50)18-63)65-25-4-5-26-30(16-25)54-32(56-38(26)51)20-62-12-8-52-9-13-62/h4-5,14-16,21,23-24,52-53H,3,6-13,18-20,50H2,1-2H3,(H2,51,54,56)(H,55,58,61)(H,57,59,60)/t21?,23-,24-/m0/s1. The molecule has 66 heavy (non-hydrogen) atoms. The summed E-state index contributed by atoms with van der Waals surface area (Å²) < 4.78 is 28.9. The zero-order valence-corrected chi connectivity index (χ0v) is 39.2. The van der Waals surface area contributed by atoms with Gasteiger partial charge in [-0.05, 0) is 74.0 Å². The maximum absolute atomic E-state index is 14.6. The van der Waals surface area contributed by atoms with E-state index in [2.05, 4.69) is 52.2 Å². The number of nitrogens with one attached hydrogen (secondary N) is 4. The Morgan fingerprint density at radius 2 is 1.61 bits per heavy atom. The summed E-state index contributed by atoms with van der Waals surface area (Å²) >= 11 is 16.6. The molecule has 8 N–H and O–H groups in total. The molecule has 5 aromatic heterocycles. The van der Waals surface area contributed by atoms with E-state index in [0.717, 1.165) is 102 Å². The fraction of sp³-hybridized carbons (Fsp3) is 0.386. The van der Waals surface area contributed by atoms with Crippen molar-refractivity contribution in [3.8, 4) is 6.07 Å². The highest BCUT2D eigenvalue weighted by atomic mass is 35.5. The van der Waals surface area contributed by atoms with E-state index < -0.39 is 11.6 Å². The van der Waals surface area contributed by atoms with Crippen LogP contribution in [0.4, 0.5) is 26.2 Å². The summed E-state index contributed by atoms with van der Waals surface area (Å²) in [6.45, 7) is 11.0. The predicted molar refractivity (Wildman–Crippen MR) is 256 cm³/mol. The number of fused-ring (bicyclic) bond motifs is 3. The van der Waals surface area contributed by atoms with Crippen LogP contribution in [0.1, 0.15) is 55.5 Å². The van der Waals surface area contributed by atoms with Crippen LogP contribution in [0.5, 0.6) is 0 Å². The number of H-pyrrole nitrogens is 2. The highest BCUT2D eigenvalue weighted by molar-refractivity contribution is 7.99. The minimum atomic E-state index is -0.948. The first kappa shape index (κ1) is 44.7. The van der Waals surface area contributed by atoms with E-state index >= 15 is 0 Å². The zero-order valence-electron chi connectivity index (χ0n) is 36.1. The Bertz CT molecular complexity index is 3050. The van der Waals surface area contributed by atoms with Gasteiger partial charge >= 0.3 is 0 Å². The van der Waals surface area contributed by atoms with Gasteiger partial charge in [-0.15, -0.1) is 0 Å². The molecule has 3 fully saturated rings. The van der Waals surface area contributed by atoms with E-state index in [4.69, 9.17) is 54.6 Å². The van der Waals surface area contributed by atoms with Crippen LogP contribution < -0.4 is 31.9 Å². The number of halogens is 4. The van der Waals surface area contributed by atoms with Crippen molar-refractivity contribution < 1.29 is 8.78 Å². The molecule has 8 heterocycles. The van der Waals surface area contributed by atoms with E-state index in [1.807, 2.05) is 31.2 Å². The lowest BCUT2D eigenvalue weighted by Gasteiger charge is -2.26. The first-order valence-electron chi connectivity index (χ1n) is 21.9. The minimum absolute atomic E-state index is 0.00541. The lowest BCUT2D eigenvalue weighted by atomic mass is 10.1. The predicted octanol–water partition coefficient (Wildman–Crippen LogP) is 6.95. The van der Waals surface area contributed by atoms with Crippen LogP contribution in [0, 0.1) is 23.0 Å². The fourth-order valence-corrected chi connectivity index (χ4v) is 11.4. The minimum Gasteiger partial charge on any atom is -0.383 e. The summed E-state index contributed by atoms with van der Waals surface area (Å²) in [5.41, 5.74) is 16.0. The van der Waals surface area contributed by atoms with Crippen molar-refractivity contribution in [2.75, 3.05) is 67.9 Å². The summed E-state index contributed by atoms with van der Waals surface area (Å²) in [5, 5.41) is 20.8. The Balaban J connectivity index is 0.915. The average molecular weight is 972 g/mol. The van der Waals surface area contributed by atoms with Crippen LogP contribution in [0.3, 0.4) is 0 Å². The quantitative estimate of drug-likeness (QED) is 0.0683. The van der Waals surface area contributed by atoms with Gasteiger partial charge in [0.2, 0.25) is 0 Å². The third-order valence-electron chi connectivity index (χ3n) is 12.3. The van der Waals surface area contributed by atoms with Crippen LogP contribution in [-0.2, 0) is 13.0 Å². The summed E-state index contributed by atoms with van der Waals surface area (Å²) in [7, 11) is 0. The van der Waals surface area contributed by atoms with Crippen LogP contribution in [0.15, 0.2) is 50.4 Å². The number of benzene rings is 2. The van der Waals surface area contributed by atoms with Gasteiger partial charge in [0, 0.05) is 97.4 Å². The monoisotopic (exact) mass is 970 g/mol. The number of nitrogen functional groups attached to an aromatic ring is 1. The number of nitriles is 1. The van der Waals surface area contributed by atoms with Gasteiger partial charge in [0.1, 0.15) is 57.8 Å². The summed E-state index contributed by atoms with van der Waals surface area (Å²) in [5.74, 6) is 0.717. The largest absolute Gasteiger partial charge is 0.383 e. The Morgan fingerprint density at radius 1 is 0.894 bits per heavy atom. The number of aryl methyl sites for hydroxylation is 1. The van der Waals surface area contributed by atoms with E-state index in [9.17, 15) is 14.0 Å². The normalized spacial score (nSPS) is 18.6. The smallest absolute Gasteiger partial charge is 0.196 e. The number of nitrogens with two attached hydrogens (primary N) is 2. The molecule has 0 bridgehead atoms. The molecule has 3 saturated heterocycles. The van der Waals surface area contributed by atoms with Crippen molar-refractivity contribution in [3.63, 3.8) is 0 Å². The lowest BCUT2D eigenvalue weighted by molar-refractivity contribution is 0.228. The average Bonchev–Trinajstić information content (AvgIpc) is 4.09. The number of aromatic amines is 2. The molecule has 0 aliphatic carbocycles. The SMILES string of the molecule is CCc1[nH]c2nc(Sc3cc(F)cc(F)c3C#N)nc(N3CC[C@H](NC(C)c4[nH]c5nc(Sc6ccc7c(N)nc(CN8CCNCC8)nc7c6)nc(N6CC[C@H](N)C6)c5c4Cl)C3)c2c1Cl. The number of hydrogen-bond donors (Lipinski definition) is 6. The molecule has 3 aliphatic heterocycles.